The lowest BCUT2D eigenvalue weighted by molar-refractivity contribution is -0.124. The van der Waals surface area contributed by atoms with Gasteiger partial charge in [-0.05, 0) is 42.3 Å². The van der Waals surface area contributed by atoms with Crippen molar-refractivity contribution in [2.75, 3.05) is 13.7 Å². The third kappa shape index (κ3) is 6.50. The Bertz CT molecular complexity index is 1230. The summed E-state index contributed by atoms with van der Waals surface area (Å²) in [5.74, 6) is -1.27. The second-order valence-electron chi connectivity index (χ2n) is 7.02. The maximum Gasteiger partial charge on any atom is 0.337 e. The Kier molecular flexibility index (Phi) is 8.56. The molecule has 9 nitrogen and oxygen atoms in total. The van der Waals surface area contributed by atoms with E-state index in [4.69, 9.17) is 12.2 Å². The first-order valence-electron chi connectivity index (χ1n) is 10.0. The molecule has 2 N–H and O–H groups in total. The number of hydrogen-bond donors (Lipinski definition) is 2. The fourth-order valence-corrected chi connectivity index (χ4v) is 5.11. The van der Waals surface area contributed by atoms with E-state index in [0.717, 1.165) is 17.3 Å². The van der Waals surface area contributed by atoms with E-state index < -0.39 is 21.9 Å². The van der Waals surface area contributed by atoms with Crippen LogP contribution in [0.3, 0.4) is 0 Å². The van der Waals surface area contributed by atoms with Crippen molar-refractivity contribution in [3.05, 3.63) is 70.6 Å². The fraction of sp³-hybridized carbons (Fsp3) is 0.182. The summed E-state index contributed by atoms with van der Waals surface area (Å²) in [6.07, 6.45) is 1.94. The first kappa shape index (κ1) is 25.6. The van der Waals surface area contributed by atoms with Crippen molar-refractivity contribution in [1.29, 1.82) is 0 Å². The first-order valence-corrected chi connectivity index (χ1v) is 12.7. The maximum atomic E-state index is 12.7. The van der Waals surface area contributed by atoms with Crippen LogP contribution in [0.25, 0.3) is 6.08 Å². The topological polar surface area (TPSA) is 122 Å². The van der Waals surface area contributed by atoms with Gasteiger partial charge in [-0.15, -0.1) is 4.83 Å². The van der Waals surface area contributed by atoms with Crippen molar-refractivity contribution < 1.29 is 27.5 Å². The molecular formula is C22H21N3O6S3. The van der Waals surface area contributed by atoms with Crippen LogP contribution < -0.4 is 10.3 Å². The summed E-state index contributed by atoms with van der Waals surface area (Å²) in [5, 5.41) is 0. The van der Waals surface area contributed by atoms with Gasteiger partial charge in [0.25, 0.3) is 15.9 Å². The SMILES string of the molecule is COC(=O)c1ccc(/C=C2\SC(=S)N(CCCC(=O)NNS(=O)(=O)c3ccccc3)C2=O)cc1. The summed E-state index contributed by atoms with van der Waals surface area (Å²) in [6.45, 7) is 0.210. The Morgan fingerprint density at radius 1 is 1.12 bits per heavy atom. The number of sulfonamides is 1. The van der Waals surface area contributed by atoms with Gasteiger partial charge < -0.3 is 4.74 Å². The minimum absolute atomic E-state index is 0.0115. The molecular weight excluding hydrogens is 498 g/mol. The van der Waals surface area contributed by atoms with E-state index in [1.165, 1.54) is 24.1 Å². The highest BCUT2D eigenvalue weighted by atomic mass is 32.2. The number of hydrogen-bond acceptors (Lipinski definition) is 8. The normalized spacial score (nSPS) is 15.0. The Labute approximate surface area is 206 Å². The third-order valence-corrected chi connectivity index (χ3v) is 7.31. The number of nitrogens with one attached hydrogen (secondary N) is 2. The highest BCUT2D eigenvalue weighted by Crippen LogP contribution is 2.32. The van der Waals surface area contributed by atoms with Gasteiger partial charge in [0, 0.05) is 13.0 Å². The highest BCUT2D eigenvalue weighted by Gasteiger charge is 2.31. The monoisotopic (exact) mass is 519 g/mol. The number of nitrogens with zero attached hydrogens (tertiary/aromatic N) is 1. The number of hydrazine groups is 1. The number of benzene rings is 2. The largest absolute Gasteiger partial charge is 0.465 e. The number of esters is 1. The highest BCUT2D eigenvalue weighted by molar-refractivity contribution is 8.26. The molecule has 0 radical (unpaired) electrons. The molecule has 12 heteroatoms. The standard InChI is InChI=1S/C22H21N3O6S3/c1-31-21(28)16-11-9-15(10-12-16)14-18-20(27)25(22(32)33-18)13-5-8-19(26)23-24-34(29,30)17-6-3-2-4-7-17/h2-4,6-7,9-12,14,24H,5,8,13H2,1H3,(H,23,26)/b18-14-. The predicted molar refractivity (Wildman–Crippen MR) is 132 cm³/mol. The van der Waals surface area contributed by atoms with Crippen LogP contribution in [0.4, 0.5) is 0 Å². The fourth-order valence-electron chi connectivity index (χ4n) is 2.92. The molecule has 178 valence electrons. The van der Waals surface area contributed by atoms with Crippen molar-refractivity contribution in [3.63, 3.8) is 0 Å². The van der Waals surface area contributed by atoms with E-state index in [1.807, 2.05) is 4.83 Å². The van der Waals surface area contributed by atoms with Crippen LogP contribution >= 0.6 is 24.0 Å². The second-order valence-corrected chi connectivity index (χ2v) is 10.4. The van der Waals surface area contributed by atoms with Crippen LogP contribution in [0.5, 0.6) is 0 Å². The van der Waals surface area contributed by atoms with E-state index in [-0.39, 0.29) is 30.2 Å². The van der Waals surface area contributed by atoms with Crippen molar-refractivity contribution in [2.45, 2.75) is 17.7 Å². The third-order valence-electron chi connectivity index (χ3n) is 4.67. The van der Waals surface area contributed by atoms with Gasteiger partial charge in [0.15, 0.2) is 0 Å². The predicted octanol–water partition coefficient (Wildman–Crippen LogP) is 2.46. The lowest BCUT2D eigenvalue weighted by Crippen LogP contribution is -2.41. The molecule has 0 atom stereocenters. The summed E-state index contributed by atoms with van der Waals surface area (Å²) >= 11 is 6.44. The smallest absolute Gasteiger partial charge is 0.337 e. The van der Waals surface area contributed by atoms with Crippen LogP contribution in [0.1, 0.15) is 28.8 Å². The Morgan fingerprint density at radius 2 is 1.79 bits per heavy atom. The van der Waals surface area contributed by atoms with Gasteiger partial charge in [0.05, 0.1) is 22.5 Å². The van der Waals surface area contributed by atoms with E-state index in [2.05, 4.69) is 10.2 Å². The van der Waals surface area contributed by atoms with Crippen molar-refractivity contribution in [1.82, 2.24) is 15.2 Å². The van der Waals surface area contributed by atoms with Gasteiger partial charge in [-0.3, -0.25) is 19.9 Å². The first-order chi connectivity index (χ1) is 16.2. The molecule has 34 heavy (non-hydrogen) atoms. The summed E-state index contributed by atoms with van der Waals surface area (Å²) in [4.78, 5) is 40.2. The molecule has 1 aliphatic rings. The number of thioether (sulfide) groups is 1. The zero-order valence-corrected chi connectivity index (χ0v) is 20.5. The van der Waals surface area contributed by atoms with Gasteiger partial charge in [0.1, 0.15) is 4.32 Å². The van der Waals surface area contributed by atoms with Crippen LogP contribution in [0.15, 0.2) is 64.4 Å². The number of rotatable bonds is 9. The quantitative estimate of drug-likeness (QED) is 0.224. The average molecular weight is 520 g/mol. The number of ether oxygens (including phenoxy) is 1. The molecule has 0 aliphatic carbocycles. The molecule has 2 amide bonds. The molecule has 2 aromatic carbocycles. The number of thiocarbonyl (C=S) groups is 1. The molecule has 0 aromatic heterocycles. The summed E-state index contributed by atoms with van der Waals surface area (Å²) < 4.78 is 29.3. The maximum absolute atomic E-state index is 12.7. The Balaban J connectivity index is 1.50. The van der Waals surface area contributed by atoms with Crippen LogP contribution in [-0.2, 0) is 24.3 Å². The molecule has 0 bridgehead atoms. The molecule has 0 spiro atoms. The molecule has 2 aromatic rings. The van der Waals surface area contributed by atoms with Gasteiger partial charge in [0.2, 0.25) is 5.91 Å². The number of methoxy groups -OCH3 is 1. The van der Waals surface area contributed by atoms with E-state index in [1.54, 1.807) is 48.5 Å². The molecule has 1 aliphatic heterocycles. The summed E-state index contributed by atoms with van der Waals surface area (Å²) in [7, 11) is -2.56. The second kappa shape index (κ2) is 11.4. The molecule has 1 heterocycles. The lowest BCUT2D eigenvalue weighted by Gasteiger charge is -2.14. The van der Waals surface area contributed by atoms with Gasteiger partial charge in [-0.1, -0.05) is 54.3 Å². The zero-order chi connectivity index (χ0) is 24.7. The minimum Gasteiger partial charge on any atom is -0.465 e. The number of amides is 2. The van der Waals surface area contributed by atoms with Crippen molar-refractivity contribution in [2.24, 2.45) is 0 Å². The summed E-state index contributed by atoms with van der Waals surface area (Å²) in [5.41, 5.74) is 3.28. The Morgan fingerprint density at radius 3 is 2.44 bits per heavy atom. The molecule has 0 unspecified atom stereocenters. The van der Waals surface area contributed by atoms with Crippen molar-refractivity contribution >= 4 is 62.2 Å². The van der Waals surface area contributed by atoms with E-state index in [0.29, 0.717) is 14.8 Å². The molecule has 1 saturated heterocycles. The number of carbonyl (C=O) groups is 3. The lowest BCUT2D eigenvalue weighted by atomic mass is 10.1. The van der Waals surface area contributed by atoms with Crippen LogP contribution in [0, 0.1) is 0 Å². The van der Waals surface area contributed by atoms with Gasteiger partial charge in [-0.2, -0.15) is 0 Å². The van der Waals surface area contributed by atoms with Crippen LogP contribution in [0.2, 0.25) is 0 Å². The summed E-state index contributed by atoms with van der Waals surface area (Å²) in [6, 6.07) is 14.2. The molecule has 3 rings (SSSR count). The van der Waals surface area contributed by atoms with Crippen LogP contribution in [-0.4, -0.2) is 49.1 Å². The minimum atomic E-state index is -3.86. The van der Waals surface area contributed by atoms with Crippen molar-refractivity contribution in [3.8, 4) is 0 Å². The zero-order valence-electron chi connectivity index (χ0n) is 18.0. The number of carbonyl (C=O) groups excluding carboxylic acids is 3. The van der Waals surface area contributed by atoms with Gasteiger partial charge in [-0.25, -0.2) is 13.2 Å². The molecule has 0 saturated carbocycles. The Hall–Kier alpha value is -3.06. The van der Waals surface area contributed by atoms with E-state index in [9.17, 15) is 22.8 Å². The van der Waals surface area contributed by atoms with E-state index >= 15 is 0 Å². The molecule has 1 fully saturated rings. The van der Waals surface area contributed by atoms with Gasteiger partial charge >= 0.3 is 5.97 Å². The average Bonchev–Trinajstić information content (AvgIpc) is 3.10.